The van der Waals surface area contributed by atoms with Crippen LogP contribution >= 0.6 is 0 Å². The van der Waals surface area contributed by atoms with E-state index in [0.29, 0.717) is 12.3 Å². The van der Waals surface area contributed by atoms with E-state index in [9.17, 15) is 9.59 Å². The van der Waals surface area contributed by atoms with Gasteiger partial charge in [0.1, 0.15) is 0 Å². The van der Waals surface area contributed by atoms with Crippen molar-refractivity contribution in [2.45, 2.75) is 38.6 Å². The average Bonchev–Trinajstić information content (AvgIpc) is 3.15. The highest BCUT2D eigenvalue weighted by Gasteiger charge is 2.23. The number of rotatable bonds is 7. The summed E-state index contributed by atoms with van der Waals surface area (Å²) < 4.78 is 0. The lowest BCUT2D eigenvalue weighted by Gasteiger charge is -2.31. The summed E-state index contributed by atoms with van der Waals surface area (Å²) in [6.07, 6.45) is 4.62. The molecule has 0 aromatic heterocycles. The highest BCUT2D eigenvalue weighted by molar-refractivity contribution is 5.90. The Hall–Kier alpha value is -1.92. The highest BCUT2D eigenvalue weighted by atomic mass is 16.2. The third-order valence-electron chi connectivity index (χ3n) is 5.49. The van der Waals surface area contributed by atoms with E-state index >= 15 is 0 Å². The molecule has 0 bridgehead atoms. The van der Waals surface area contributed by atoms with Crippen LogP contribution in [0, 0.1) is 11.8 Å². The van der Waals surface area contributed by atoms with Crippen molar-refractivity contribution in [3.63, 3.8) is 0 Å². The molecule has 2 atom stereocenters. The Kier molecular flexibility index (Phi) is 6.63. The number of carbonyl (C=O) groups excluding carboxylic acids is 2. The maximum Gasteiger partial charge on any atom is 0.224 e. The zero-order valence-electron chi connectivity index (χ0n) is 15.4. The Morgan fingerprint density at radius 3 is 2.73 bits per heavy atom. The molecule has 0 aliphatic carbocycles. The van der Waals surface area contributed by atoms with Gasteiger partial charge in [0, 0.05) is 25.2 Å². The summed E-state index contributed by atoms with van der Waals surface area (Å²) in [7, 11) is 0. The number of hydrogen-bond donors (Lipinski definition) is 3. The number of anilines is 1. The van der Waals surface area contributed by atoms with Gasteiger partial charge in [0.05, 0.1) is 5.92 Å². The summed E-state index contributed by atoms with van der Waals surface area (Å²) in [5.74, 6) is 0.500. The van der Waals surface area contributed by atoms with Gasteiger partial charge in [-0.3, -0.25) is 14.5 Å². The molecule has 26 heavy (non-hydrogen) atoms. The van der Waals surface area contributed by atoms with Gasteiger partial charge in [-0.25, -0.2) is 0 Å². The van der Waals surface area contributed by atoms with Crippen molar-refractivity contribution < 1.29 is 9.59 Å². The van der Waals surface area contributed by atoms with Crippen LogP contribution in [0.5, 0.6) is 0 Å². The Labute approximate surface area is 155 Å². The van der Waals surface area contributed by atoms with Crippen LogP contribution in [0.3, 0.4) is 0 Å². The Morgan fingerprint density at radius 1 is 1.23 bits per heavy atom. The van der Waals surface area contributed by atoms with E-state index in [-0.39, 0.29) is 17.7 Å². The van der Waals surface area contributed by atoms with E-state index < -0.39 is 0 Å². The number of piperidine rings is 1. The Bertz CT molecular complexity index is 611. The monoisotopic (exact) mass is 358 g/mol. The Balaban J connectivity index is 1.44. The summed E-state index contributed by atoms with van der Waals surface area (Å²) in [5.41, 5.74) is 7.47. The SMILES string of the molecule is NC(=O)C1CCCN(Cc2ccc(NC(=O)CCC3CCNC3)cc2)C1. The van der Waals surface area contributed by atoms with Crippen LogP contribution in [0.2, 0.25) is 0 Å². The number of nitrogens with one attached hydrogen (secondary N) is 2. The molecule has 2 unspecified atom stereocenters. The third-order valence-corrected chi connectivity index (χ3v) is 5.49. The van der Waals surface area contributed by atoms with Crippen LogP contribution in [0.1, 0.15) is 37.7 Å². The van der Waals surface area contributed by atoms with Gasteiger partial charge in [0.2, 0.25) is 11.8 Å². The largest absolute Gasteiger partial charge is 0.369 e. The molecule has 0 saturated carbocycles. The van der Waals surface area contributed by atoms with Crippen molar-refractivity contribution in [2.24, 2.45) is 17.6 Å². The number of hydrogen-bond acceptors (Lipinski definition) is 4. The normalized spacial score (nSPS) is 23.7. The van der Waals surface area contributed by atoms with Gasteiger partial charge in [-0.2, -0.15) is 0 Å². The van der Waals surface area contributed by atoms with Gasteiger partial charge in [0.25, 0.3) is 0 Å². The first-order chi connectivity index (χ1) is 12.6. The summed E-state index contributed by atoms with van der Waals surface area (Å²) >= 11 is 0. The summed E-state index contributed by atoms with van der Waals surface area (Å²) in [6, 6.07) is 8.01. The quantitative estimate of drug-likeness (QED) is 0.692. The van der Waals surface area contributed by atoms with Crippen LogP contribution in [-0.2, 0) is 16.1 Å². The number of nitrogens with zero attached hydrogens (tertiary/aromatic N) is 1. The van der Waals surface area contributed by atoms with Crippen molar-refractivity contribution >= 4 is 17.5 Å². The second-order valence-corrected chi connectivity index (χ2v) is 7.62. The summed E-state index contributed by atoms with van der Waals surface area (Å²) in [6.45, 7) is 4.66. The third kappa shape index (κ3) is 5.54. The smallest absolute Gasteiger partial charge is 0.224 e. The number of primary amides is 1. The lowest BCUT2D eigenvalue weighted by atomic mass is 9.97. The van der Waals surface area contributed by atoms with Crippen LogP contribution < -0.4 is 16.4 Å². The predicted octanol–water partition coefficient (Wildman–Crippen LogP) is 1.71. The molecule has 142 valence electrons. The molecule has 4 N–H and O–H groups in total. The second kappa shape index (κ2) is 9.14. The minimum Gasteiger partial charge on any atom is -0.369 e. The molecule has 2 aliphatic heterocycles. The minimum atomic E-state index is -0.193. The van der Waals surface area contributed by atoms with Gasteiger partial charge in [0.15, 0.2) is 0 Å². The second-order valence-electron chi connectivity index (χ2n) is 7.62. The molecule has 2 heterocycles. The Morgan fingerprint density at radius 2 is 2.04 bits per heavy atom. The van der Waals surface area contributed by atoms with Crippen molar-refractivity contribution in [3.05, 3.63) is 29.8 Å². The van der Waals surface area contributed by atoms with Gasteiger partial charge in [-0.15, -0.1) is 0 Å². The number of benzene rings is 1. The molecule has 3 rings (SSSR count). The number of carbonyl (C=O) groups is 2. The van der Waals surface area contributed by atoms with E-state index in [1.165, 1.54) is 12.0 Å². The van der Waals surface area contributed by atoms with Gasteiger partial charge < -0.3 is 16.4 Å². The molecule has 2 amide bonds. The van der Waals surface area contributed by atoms with Crippen molar-refractivity contribution in [1.29, 1.82) is 0 Å². The average molecular weight is 358 g/mol. The fourth-order valence-electron chi connectivity index (χ4n) is 3.90. The van der Waals surface area contributed by atoms with E-state index in [2.05, 4.69) is 15.5 Å². The molecule has 1 aromatic rings. The fraction of sp³-hybridized carbons (Fsp3) is 0.600. The van der Waals surface area contributed by atoms with E-state index in [1.54, 1.807) is 0 Å². The summed E-state index contributed by atoms with van der Waals surface area (Å²) in [4.78, 5) is 25.8. The van der Waals surface area contributed by atoms with Crippen LogP contribution in [0.4, 0.5) is 5.69 Å². The summed E-state index contributed by atoms with van der Waals surface area (Å²) in [5, 5.41) is 6.32. The van der Waals surface area contributed by atoms with Crippen molar-refractivity contribution in [3.8, 4) is 0 Å². The first-order valence-electron chi connectivity index (χ1n) is 9.71. The zero-order valence-corrected chi connectivity index (χ0v) is 15.4. The lowest BCUT2D eigenvalue weighted by molar-refractivity contribution is -0.123. The standard InChI is InChI=1S/C20H30N4O2/c21-20(26)17-2-1-11-24(14-17)13-16-3-6-18(7-4-16)23-19(25)8-5-15-9-10-22-12-15/h3-4,6-7,15,17,22H,1-2,5,8-14H2,(H2,21,26)(H,23,25). The molecule has 0 spiro atoms. The number of likely N-dealkylation sites (tertiary alicyclic amines) is 1. The highest BCUT2D eigenvalue weighted by Crippen LogP contribution is 2.20. The molecule has 1 aromatic carbocycles. The van der Waals surface area contributed by atoms with Crippen LogP contribution in [0.25, 0.3) is 0 Å². The van der Waals surface area contributed by atoms with Crippen molar-refractivity contribution in [2.75, 3.05) is 31.5 Å². The molecule has 6 heteroatoms. The number of nitrogens with two attached hydrogens (primary N) is 1. The van der Waals surface area contributed by atoms with E-state index in [0.717, 1.165) is 57.7 Å². The maximum absolute atomic E-state index is 12.1. The van der Waals surface area contributed by atoms with E-state index in [4.69, 9.17) is 5.73 Å². The van der Waals surface area contributed by atoms with Crippen LogP contribution in [-0.4, -0.2) is 42.9 Å². The molecule has 2 saturated heterocycles. The first kappa shape index (κ1) is 18.9. The van der Waals surface area contributed by atoms with Gasteiger partial charge in [-0.1, -0.05) is 12.1 Å². The number of amides is 2. The van der Waals surface area contributed by atoms with Crippen LogP contribution in [0.15, 0.2) is 24.3 Å². The molecule has 0 radical (unpaired) electrons. The minimum absolute atomic E-state index is 0.0302. The molecular weight excluding hydrogens is 328 g/mol. The lowest BCUT2D eigenvalue weighted by Crippen LogP contribution is -2.40. The molecule has 2 fully saturated rings. The van der Waals surface area contributed by atoms with E-state index in [1.807, 2.05) is 24.3 Å². The molecule has 6 nitrogen and oxygen atoms in total. The molecular formula is C20H30N4O2. The maximum atomic E-state index is 12.1. The first-order valence-corrected chi connectivity index (χ1v) is 9.71. The topological polar surface area (TPSA) is 87.5 Å². The molecule has 2 aliphatic rings. The predicted molar refractivity (Wildman–Crippen MR) is 102 cm³/mol. The van der Waals surface area contributed by atoms with Crippen molar-refractivity contribution in [1.82, 2.24) is 10.2 Å². The fourth-order valence-corrected chi connectivity index (χ4v) is 3.90. The van der Waals surface area contributed by atoms with Gasteiger partial charge in [-0.05, 0) is 68.9 Å². The van der Waals surface area contributed by atoms with Gasteiger partial charge >= 0.3 is 0 Å². The zero-order chi connectivity index (χ0) is 18.4.